The second kappa shape index (κ2) is 4.99. The minimum atomic E-state index is -3.08. The van der Waals surface area contributed by atoms with Crippen LogP contribution in [0.1, 0.15) is 12.5 Å². The normalized spacial score (nSPS) is 15.7. The third-order valence-electron chi connectivity index (χ3n) is 3.30. The molecule has 0 aliphatic heterocycles. The molecule has 3 nitrogen and oxygen atoms in total. The van der Waals surface area contributed by atoms with E-state index in [1.54, 1.807) is 18.3 Å². The number of thiophene rings is 1. The van der Waals surface area contributed by atoms with Gasteiger partial charge in [-0.3, -0.25) is 0 Å². The first kappa shape index (κ1) is 13.5. The molecule has 0 radical (unpaired) electrons. The molecule has 0 fully saturated rings. The third-order valence-corrected chi connectivity index (χ3v) is 6.01. The summed E-state index contributed by atoms with van der Waals surface area (Å²) in [7, 11) is -3.08. The SMILES string of the molecule is CC(C(N)Cc1csc2ccccc12)S(C)(=O)=O. The van der Waals surface area contributed by atoms with Crippen LogP contribution in [0.2, 0.25) is 0 Å². The molecule has 98 valence electrons. The summed E-state index contributed by atoms with van der Waals surface area (Å²) >= 11 is 1.67. The summed E-state index contributed by atoms with van der Waals surface area (Å²) in [4.78, 5) is 0. The first-order valence-electron chi connectivity index (χ1n) is 5.79. The third kappa shape index (κ3) is 2.74. The highest BCUT2D eigenvalue weighted by Gasteiger charge is 2.23. The fraction of sp³-hybridized carbons (Fsp3) is 0.385. The Morgan fingerprint density at radius 2 is 2.00 bits per heavy atom. The van der Waals surface area contributed by atoms with E-state index in [-0.39, 0.29) is 6.04 Å². The van der Waals surface area contributed by atoms with Crippen LogP contribution in [0.25, 0.3) is 10.1 Å². The van der Waals surface area contributed by atoms with Crippen LogP contribution in [-0.2, 0) is 16.3 Å². The average molecular weight is 283 g/mol. The molecule has 1 heterocycles. The molecule has 0 bridgehead atoms. The highest BCUT2D eigenvalue weighted by Crippen LogP contribution is 2.27. The molecular formula is C13H17NO2S2. The lowest BCUT2D eigenvalue weighted by Gasteiger charge is -2.17. The summed E-state index contributed by atoms with van der Waals surface area (Å²) in [6.45, 7) is 1.68. The molecule has 2 rings (SSSR count). The van der Waals surface area contributed by atoms with E-state index < -0.39 is 15.1 Å². The fourth-order valence-corrected chi connectivity index (χ4v) is 3.64. The van der Waals surface area contributed by atoms with Crippen molar-refractivity contribution in [2.75, 3.05) is 6.26 Å². The lowest BCUT2D eigenvalue weighted by atomic mass is 10.0. The molecule has 0 spiro atoms. The van der Waals surface area contributed by atoms with Crippen molar-refractivity contribution >= 4 is 31.3 Å². The maximum absolute atomic E-state index is 11.5. The average Bonchev–Trinajstić information content (AvgIpc) is 2.70. The van der Waals surface area contributed by atoms with Crippen molar-refractivity contribution in [1.29, 1.82) is 0 Å². The van der Waals surface area contributed by atoms with Crippen LogP contribution < -0.4 is 5.73 Å². The van der Waals surface area contributed by atoms with Crippen molar-refractivity contribution in [3.63, 3.8) is 0 Å². The molecule has 0 aliphatic carbocycles. The predicted octanol–water partition coefficient (Wildman–Crippen LogP) is 2.20. The lowest BCUT2D eigenvalue weighted by Crippen LogP contribution is -2.39. The Kier molecular flexibility index (Phi) is 3.75. The highest BCUT2D eigenvalue weighted by atomic mass is 32.2. The minimum absolute atomic E-state index is 0.363. The Bertz CT molecular complexity index is 646. The lowest BCUT2D eigenvalue weighted by molar-refractivity contribution is 0.562. The first-order valence-corrected chi connectivity index (χ1v) is 8.62. The van der Waals surface area contributed by atoms with E-state index in [1.165, 1.54) is 16.3 Å². The molecule has 0 saturated carbocycles. The van der Waals surface area contributed by atoms with Crippen molar-refractivity contribution in [2.45, 2.75) is 24.6 Å². The van der Waals surface area contributed by atoms with Crippen LogP contribution in [0.4, 0.5) is 0 Å². The van der Waals surface area contributed by atoms with E-state index in [0.29, 0.717) is 6.42 Å². The van der Waals surface area contributed by atoms with Crippen LogP contribution in [-0.4, -0.2) is 26.0 Å². The zero-order valence-corrected chi connectivity index (χ0v) is 12.1. The monoisotopic (exact) mass is 283 g/mol. The maximum atomic E-state index is 11.5. The van der Waals surface area contributed by atoms with Gasteiger partial charge in [-0.05, 0) is 35.7 Å². The highest BCUT2D eigenvalue weighted by molar-refractivity contribution is 7.91. The van der Waals surface area contributed by atoms with E-state index in [0.717, 1.165) is 5.56 Å². The second-order valence-corrected chi connectivity index (χ2v) is 7.97. The summed E-state index contributed by atoms with van der Waals surface area (Å²) < 4.78 is 24.2. The Hall–Kier alpha value is -0.910. The smallest absolute Gasteiger partial charge is 0.151 e. The van der Waals surface area contributed by atoms with Crippen molar-refractivity contribution in [1.82, 2.24) is 0 Å². The molecule has 2 N–H and O–H groups in total. The zero-order chi connectivity index (χ0) is 13.3. The number of rotatable bonds is 4. The van der Waals surface area contributed by atoms with Gasteiger partial charge >= 0.3 is 0 Å². The molecule has 0 saturated heterocycles. The van der Waals surface area contributed by atoms with Crippen LogP contribution in [0, 0.1) is 0 Å². The molecule has 18 heavy (non-hydrogen) atoms. The van der Waals surface area contributed by atoms with Gasteiger partial charge < -0.3 is 5.73 Å². The van der Waals surface area contributed by atoms with Crippen molar-refractivity contribution in [3.05, 3.63) is 35.2 Å². The molecule has 5 heteroatoms. The molecule has 2 atom stereocenters. The molecule has 1 aromatic heterocycles. The summed E-state index contributed by atoms with van der Waals surface area (Å²) in [5.41, 5.74) is 7.15. The number of nitrogens with two attached hydrogens (primary N) is 1. The van der Waals surface area contributed by atoms with Crippen molar-refractivity contribution < 1.29 is 8.42 Å². The van der Waals surface area contributed by atoms with Gasteiger partial charge in [-0.1, -0.05) is 18.2 Å². The van der Waals surface area contributed by atoms with Crippen LogP contribution in [0.15, 0.2) is 29.6 Å². The predicted molar refractivity (Wildman–Crippen MR) is 77.8 cm³/mol. The van der Waals surface area contributed by atoms with Crippen LogP contribution >= 0.6 is 11.3 Å². The van der Waals surface area contributed by atoms with Crippen LogP contribution in [0.3, 0.4) is 0 Å². The van der Waals surface area contributed by atoms with Gasteiger partial charge in [-0.2, -0.15) is 0 Å². The number of hydrogen-bond donors (Lipinski definition) is 1. The molecule has 0 aliphatic rings. The van der Waals surface area contributed by atoms with E-state index in [2.05, 4.69) is 17.5 Å². The number of fused-ring (bicyclic) bond motifs is 1. The maximum Gasteiger partial charge on any atom is 0.151 e. The fourth-order valence-electron chi connectivity index (χ4n) is 1.93. The Morgan fingerprint density at radius 1 is 1.33 bits per heavy atom. The molecule has 1 aromatic carbocycles. The van der Waals surface area contributed by atoms with Gasteiger partial charge in [-0.15, -0.1) is 11.3 Å². The molecule has 2 unspecified atom stereocenters. The Labute approximate surface area is 112 Å². The van der Waals surface area contributed by atoms with E-state index >= 15 is 0 Å². The summed E-state index contributed by atoms with van der Waals surface area (Å²) in [6, 6.07) is 7.75. The van der Waals surface area contributed by atoms with Crippen molar-refractivity contribution in [3.8, 4) is 0 Å². The zero-order valence-electron chi connectivity index (χ0n) is 10.5. The Balaban J connectivity index is 2.24. The summed E-state index contributed by atoms with van der Waals surface area (Å²) in [6.07, 6.45) is 1.83. The van der Waals surface area contributed by atoms with Gasteiger partial charge in [0.05, 0.1) is 5.25 Å². The van der Waals surface area contributed by atoms with Crippen molar-refractivity contribution in [2.24, 2.45) is 5.73 Å². The van der Waals surface area contributed by atoms with Gasteiger partial charge in [0.25, 0.3) is 0 Å². The largest absolute Gasteiger partial charge is 0.326 e. The van der Waals surface area contributed by atoms with Gasteiger partial charge in [0.1, 0.15) is 0 Å². The van der Waals surface area contributed by atoms with Gasteiger partial charge in [0.2, 0.25) is 0 Å². The number of hydrogen-bond acceptors (Lipinski definition) is 4. The molecular weight excluding hydrogens is 266 g/mol. The number of sulfone groups is 1. The summed E-state index contributed by atoms with van der Waals surface area (Å²) in [5.74, 6) is 0. The topological polar surface area (TPSA) is 60.2 Å². The van der Waals surface area contributed by atoms with E-state index in [4.69, 9.17) is 5.73 Å². The van der Waals surface area contributed by atoms with Gasteiger partial charge in [-0.25, -0.2) is 8.42 Å². The standard InChI is InChI=1S/C13H17NO2S2/c1-9(18(2,15)16)12(14)7-10-8-17-13-6-4-3-5-11(10)13/h3-6,8-9,12H,7,14H2,1-2H3. The van der Waals surface area contributed by atoms with Crippen LogP contribution in [0.5, 0.6) is 0 Å². The van der Waals surface area contributed by atoms with Gasteiger partial charge in [0.15, 0.2) is 9.84 Å². The van der Waals surface area contributed by atoms with E-state index in [9.17, 15) is 8.42 Å². The first-order chi connectivity index (χ1) is 8.39. The number of benzene rings is 1. The molecule has 2 aromatic rings. The quantitative estimate of drug-likeness (QED) is 0.936. The second-order valence-electron chi connectivity index (χ2n) is 4.66. The minimum Gasteiger partial charge on any atom is -0.326 e. The van der Waals surface area contributed by atoms with E-state index in [1.807, 2.05) is 12.1 Å². The molecule has 0 amide bonds. The van der Waals surface area contributed by atoms with Gasteiger partial charge in [0, 0.05) is 17.0 Å². The Morgan fingerprint density at radius 3 is 2.67 bits per heavy atom. The summed E-state index contributed by atoms with van der Waals surface area (Å²) in [5, 5.41) is 2.73.